The first-order valence-electron chi connectivity index (χ1n) is 9.64. The molecular weight excluding hydrogens is 376 g/mol. The zero-order chi connectivity index (χ0) is 21.4. The number of nitrogens with two attached hydrogens (primary N) is 1. The van der Waals surface area contributed by atoms with Crippen molar-refractivity contribution < 1.29 is 23.9 Å². The van der Waals surface area contributed by atoms with E-state index in [4.69, 9.17) is 10.5 Å². The van der Waals surface area contributed by atoms with Crippen LogP contribution in [0.4, 0.5) is 4.79 Å². The molecular formula is C20H28N4O5. The molecule has 0 radical (unpaired) electrons. The number of carbonyl (C=O) groups is 4. The molecule has 0 aliphatic carbocycles. The van der Waals surface area contributed by atoms with E-state index in [2.05, 4.69) is 10.6 Å². The molecule has 2 atom stereocenters. The number of carbonyl (C=O) groups excluding carboxylic acids is 4. The molecule has 1 aliphatic rings. The maximum Gasteiger partial charge on any atom is 0.408 e. The van der Waals surface area contributed by atoms with E-state index in [1.165, 1.54) is 4.90 Å². The largest absolute Gasteiger partial charge is 0.445 e. The molecule has 1 aliphatic heterocycles. The van der Waals surface area contributed by atoms with Crippen LogP contribution in [0.3, 0.4) is 0 Å². The van der Waals surface area contributed by atoms with Gasteiger partial charge in [0.15, 0.2) is 0 Å². The van der Waals surface area contributed by atoms with Gasteiger partial charge in [-0.05, 0) is 32.3 Å². The number of rotatable bonds is 8. The fourth-order valence-corrected chi connectivity index (χ4v) is 3.19. The number of ether oxygens (including phenoxy) is 1. The van der Waals surface area contributed by atoms with Gasteiger partial charge in [-0.25, -0.2) is 4.79 Å². The average molecular weight is 404 g/mol. The minimum absolute atomic E-state index is 0.0211. The number of nitrogens with one attached hydrogen (secondary N) is 2. The summed E-state index contributed by atoms with van der Waals surface area (Å²) in [6, 6.07) is 7.16. The summed E-state index contributed by atoms with van der Waals surface area (Å²) in [5, 5.41) is 5.20. The number of primary amides is 1. The van der Waals surface area contributed by atoms with Gasteiger partial charge in [-0.15, -0.1) is 0 Å². The number of likely N-dealkylation sites (tertiary alicyclic amines) is 1. The highest BCUT2D eigenvalue weighted by Gasteiger charge is 2.38. The topological polar surface area (TPSA) is 131 Å². The summed E-state index contributed by atoms with van der Waals surface area (Å²) in [7, 11) is 0. The molecule has 9 nitrogen and oxygen atoms in total. The van der Waals surface area contributed by atoms with E-state index in [-0.39, 0.29) is 25.0 Å². The predicted molar refractivity (Wildman–Crippen MR) is 105 cm³/mol. The maximum absolute atomic E-state index is 13.0. The standard InChI is InChI=1S/C20H28N4O5/c1-13(2)22-18(26)16-9-6-10-24(16)19(27)15(11-17(21)25)23-20(28)29-12-14-7-4-3-5-8-14/h3-5,7-8,13,15-16H,6,9-12H2,1-2H3,(H2,21,25)(H,22,26)(H,23,28)/t15-,16-/m0/s1. The molecule has 0 bridgehead atoms. The van der Waals surface area contributed by atoms with E-state index in [0.29, 0.717) is 19.4 Å². The molecule has 1 aromatic rings. The molecule has 0 unspecified atom stereocenters. The van der Waals surface area contributed by atoms with Crippen LogP contribution >= 0.6 is 0 Å². The van der Waals surface area contributed by atoms with Crippen molar-refractivity contribution in [3.05, 3.63) is 35.9 Å². The third kappa shape index (κ3) is 6.78. The van der Waals surface area contributed by atoms with Gasteiger partial charge < -0.3 is 26.0 Å². The summed E-state index contributed by atoms with van der Waals surface area (Å²) in [5.41, 5.74) is 6.03. The van der Waals surface area contributed by atoms with E-state index < -0.39 is 30.0 Å². The highest BCUT2D eigenvalue weighted by atomic mass is 16.5. The molecule has 0 aromatic heterocycles. The van der Waals surface area contributed by atoms with E-state index in [0.717, 1.165) is 5.56 Å². The highest BCUT2D eigenvalue weighted by molar-refractivity contribution is 5.94. The van der Waals surface area contributed by atoms with Crippen molar-refractivity contribution >= 4 is 23.8 Å². The average Bonchev–Trinajstić information content (AvgIpc) is 3.15. The molecule has 0 saturated carbocycles. The van der Waals surface area contributed by atoms with Gasteiger partial charge in [-0.2, -0.15) is 0 Å². The Labute approximate surface area is 169 Å². The van der Waals surface area contributed by atoms with Crippen LogP contribution in [0.5, 0.6) is 0 Å². The summed E-state index contributed by atoms with van der Waals surface area (Å²) >= 11 is 0. The summed E-state index contributed by atoms with van der Waals surface area (Å²) < 4.78 is 5.13. The van der Waals surface area contributed by atoms with Crippen molar-refractivity contribution in [2.75, 3.05) is 6.54 Å². The second-order valence-electron chi connectivity index (χ2n) is 7.28. The smallest absolute Gasteiger partial charge is 0.408 e. The number of amides is 4. The van der Waals surface area contributed by atoms with Gasteiger partial charge in [-0.3, -0.25) is 14.4 Å². The Morgan fingerprint density at radius 2 is 1.86 bits per heavy atom. The lowest BCUT2D eigenvalue weighted by molar-refractivity contribution is -0.141. The Bertz CT molecular complexity index is 738. The van der Waals surface area contributed by atoms with Gasteiger partial charge >= 0.3 is 6.09 Å². The van der Waals surface area contributed by atoms with Crippen molar-refractivity contribution in [3.8, 4) is 0 Å². The summed E-state index contributed by atoms with van der Waals surface area (Å²) in [4.78, 5) is 50.3. The number of nitrogens with zero attached hydrogens (tertiary/aromatic N) is 1. The van der Waals surface area contributed by atoms with E-state index in [9.17, 15) is 19.2 Å². The third-order valence-electron chi connectivity index (χ3n) is 4.48. The number of benzene rings is 1. The van der Waals surface area contributed by atoms with Gasteiger partial charge in [0, 0.05) is 12.6 Å². The lowest BCUT2D eigenvalue weighted by Crippen LogP contribution is -2.55. The Morgan fingerprint density at radius 3 is 2.48 bits per heavy atom. The maximum atomic E-state index is 13.0. The molecule has 4 amide bonds. The van der Waals surface area contributed by atoms with Gasteiger partial charge in [-0.1, -0.05) is 30.3 Å². The summed E-state index contributed by atoms with van der Waals surface area (Å²) in [6.45, 7) is 4.05. The van der Waals surface area contributed by atoms with E-state index in [1.807, 2.05) is 32.0 Å². The Kier molecular flexibility index (Phi) is 7.99. The molecule has 29 heavy (non-hydrogen) atoms. The summed E-state index contributed by atoms with van der Waals surface area (Å²) in [6.07, 6.45) is -0.0416. The van der Waals surface area contributed by atoms with Crippen LogP contribution in [-0.2, 0) is 25.7 Å². The van der Waals surface area contributed by atoms with Gasteiger partial charge in [0.2, 0.25) is 17.7 Å². The first kappa shape index (κ1) is 22.2. The monoisotopic (exact) mass is 404 g/mol. The molecule has 0 spiro atoms. The molecule has 1 fully saturated rings. The number of hydrogen-bond donors (Lipinski definition) is 3. The molecule has 1 heterocycles. The van der Waals surface area contributed by atoms with Gasteiger partial charge in [0.1, 0.15) is 18.7 Å². The molecule has 1 saturated heterocycles. The van der Waals surface area contributed by atoms with Crippen LogP contribution in [0.15, 0.2) is 30.3 Å². The molecule has 158 valence electrons. The Hall–Kier alpha value is -3.10. The van der Waals surface area contributed by atoms with Crippen LogP contribution in [0.25, 0.3) is 0 Å². The van der Waals surface area contributed by atoms with Crippen LogP contribution in [0.2, 0.25) is 0 Å². The number of hydrogen-bond acceptors (Lipinski definition) is 5. The second kappa shape index (κ2) is 10.4. The van der Waals surface area contributed by atoms with Crippen molar-refractivity contribution in [3.63, 3.8) is 0 Å². The minimum atomic E-state index is -1.19. The fourth-order valence-electron chi connectivity index (χ4n) is 3.19. The Balaban J connectivity index is 2.02. The van der Waals surface area contributed by atoms with E-state index >= 15 is 0 Å². The van der Waals surface area contributed by atoms with Crippen molar-refractivity contribution in [2.45, 2.75) is 57.8 Å². The molecule has 9 heteroatoms. The zero-order valence-electron chi connectivity index (χ0n) is 16.7. The van der Waals surface area contributed by atoms with Crippen molar-refractivity contribution in [1.82, 2.24) is 15.5 Å². The lowest BCUT2D eigenvalue weighted by atomic mass is 10.1. The number of alkyl carbamates (subject to hydrolysis) is 1. The van der Waals surface area contributed by atoms with Crippen LogP contribution < -0.4 is 16.4 Å². The van der Waals surface area contributed by atoms with Crippen molar-refractivity contribution in [2.24, 2.45) is 5.73 Å². The first-order chi connectivity index (χ1) is 13.8. The van der Waals surface area contributed by atoms with Gasteiger partial charge in [0.25, 0.3) is 0 Å². The normalized spacial score (nSPS) is 16.9. The first-order valence-corrected chi connectivity index (χ1v) is 9.64. The second-order valence-corrected chi connectivity index (χ2v) is 7.28. The Morgan fingerprint density at radius 1 is 1.17 bits per heavy atom. The molecule has 4 N–H and O–H groups in total. The third-order valence-corrected chi connectivity index (χ3v) is 4.48. The van der Waals surface area contributed by atoms with Gasteiger partial charge in [0.05, 0.1) is 6.42 Å². The summed E-state index contributed by atoms with van der Waals surface area (Å²) in [5.74, 6) is -1.52. The quantitative estimate of drug-likeness (QED) is 0.586. The van der Waals surface area contributed by atoms with Crippen LogP contribution in [-0.4, -0.2) is 53.4 Å². The van der Waals surface area contributed by atoms with Crippen molar-refractivity contribution in [1.29, 1.82) is 0 Å². The molecule has 2 rings (SSSR count). The lowest BCUT2D eigenvalue weighted by Gasteiger charge is -2.28. The fraction of sp³-hybridized carbons (Fsp3) is 0.500. The highest BCUT2D eigenvalue weighted by Crippen LogP contribution is 2.19. The molecule has 1 aromatic carbocycles. The predicted octanol–water partition coefficient (Wildman–Crippen LogP) is 0.672. The van der Waals surface area contributed by atoms with Crippen LogP contribution in [0.1, 0.15) is 38.7 Å². The van der Waals surface area contributed by atoms with E-state index in [1.54, 1.807) is 12.1 Å². The zero-order valence-corrected chi connectivity index (χ0v) is 16.7. The van der Waals surface area contributed by atoms with Crippen LogP contribution in [0, 0.1) is 0 Å². The SMILES string of the molecule is CC(C)NC(=O)[C@@H]1CCCN1C(=O)[C@H](CC(N)=O)NC(=O)OCc1ccccc1. The minimum Gasteiger partial charge on any atom is -0.445 e.